The lowest BCUT2D eigenvalue weighted by atomic mass is 10.0. The van der Waals surface area contributed by atoms with E-state index in [4.69, 9.17) is 4.74 Å². The molecule has 158 valence electrons. The summed E-state index contributed by atoms with van der Waals surface area (Å²) >= 11 is 0. The highest BCUT2D eigenvalue weighted by Gasteiger charge is 2.03. The summed E-state index contributed by atoms with van der Waals surface area (Å²) in [5, 5.41) is 0. The molecule has 2 nitrogen and oxygen atoms in total. The van der Waals surface area contributed by atoms with Gasteiger partial charge in [0.2, 0.25) is 0 Å². The first-order chi connectivity index (χ1) is 14.8. The largest absolute Gasteiger partial charge is 0.494 e. The first-order valence-electron chi connectivity index (χ1n) is 11.6. The highest BCUT2D eigenvalue weighted by atomic mass is 16.5. The standard InChI is InChI=1S/C28H35NO/c1-3-5-7-8-10-27-18-15-26(22-29-27)25-13-11-23(12-14-25)24-16-19-28(20-17-24)30-21-9-6-4-2/h11-20,22H,3-10,21H2,1-2H3. The maximum atomic E-state index is 5.82. The maximum absolute atomic E-state index is 5.82. The average Bonchev–Trinajstić information content (AvgIpc) is 2.81. The van der Waals surface area contributed by atoms with Crippen molar-refractivity contribution in [3.05, 3.63) is 72.6 Å². The molecule has 0 aliphatic rings. The molecule has 0 radical (unpaired) electrons. The molecule has 0 unspecified atom stereocenters. The molecule has 0 spiro atoms. The number of hydrogen-bond donors (Lipinski definition) is 0. The summed E-state index contributed by atoms with van der Waals surface area (Å²) in [7, 11) is 0. The van der Waals surface area contributed by atoms with Crippen molar-refractivity contribution in [1.29, 1.82) is 0 Å². The van der Waals surface area contributed by atoms with Crippen LogP contribution in [0.4, 0.5) is 0 Å². The zero-order chi connectivity index (χ0) is 21.0. The van der Waals surface area contributed by atoms with Gasteiger partial charge < -0.3 is 4.74 Å². The predicted octanol–water partition coefficient (Wildman–Crippen LogP) is 8.11. The number of pyridine rings is 1. The van der Waals surface area contributed by atoms with Gasteiger partial charge in [-0.15, -0.1) is 0 Å². The molecule has 0 N–H and O–H groups in total. The van der Waals surface area contributed by atoms with Crippen molar-refractivity contribution in [1.82, 2.24) is 4.98 Å². The minimum Gasteiger partial charge on any atom is -0.494 e. The molecular weight excluding hydrogens is 366 g/mol. The summed E-state index contributed by atoms with van der Waals surface area (Å²) in [6, 6.07) is 21.5. The van der Waals surface area contributed by atoms with E-state index >= 15 is 0 Å². The number of benzene rings is 2. The number of aromatic nitrogens is 1. The molecule has 0 fully saturated rings. The molecule has 0 bridgehead atoms. The molecule has 0 saturated heterocycles. The molecule has 2 heteroatoms. The van der Waals surface area contributed by atoms with E-state index in [1.54, 1.807) is 0 Å². The van der Waals surface area contributed by atoms with E-state index in [0.717, 1.165) is 25.2 Å². The molecule has 2 aromatic carbocycles. The monoisotopic (exact) mass is 401 g/mol. The second kappa shape index (κ2) is 12.2. The Kier molecular flexibility index (Phi) is 8.96. The molecule has 30 heavy (non-hydrogen) atoms. The van der Waals surface area contributed by atoms with Crippen LogP contribution in [-0.2, 0) is 6.42 Å². The quantitative estimate of drug-likeness (QED) is 0.286. The second-order valence-electron chi connectivity index (χ2n) is 8.01. The Bertz CT molecular complexity index is 776. The minimum atomic E-state index is 0.799. The summed E-state index contributed by atoms with van der Waals surface area (Å²) in [5.41, 5.74) is 6.01. The van der Waals surface area contributed by atoms with Crippen LogP contribution in [0.5, 0.6) is 5.75 Å². The highest BCUT2D eigenvalue weighted by Crippen LogP contribution is 2.26. The second-order valence-corrected chi connectivity index (χ2v) is 8.01. The zero-order valence-electron chi connectivity index (χ0n) is 18.6. The van der Waals surface area contributed by atoms with Gasteiger partial charge in [0.05, 0.1) is 6.61 Å². The minimum absolute atomic E-state index is 0.799. The summed E-state index contributed by atoms with van der Waals surface area (Å²) in [5.74, 6) is 0.951. The number of ether oxygens (including phenoxy) is 1. The van der Waals surface area contributed by atoms with Gasteiger partial charge in [-0.3, -0.25) is 4.98 Å². The van der Waals surface area contributed by atoms with Crippen LogP contribution in [0.25, 0.3) is 22.3 Å². The maximum Gasteiger partial charge on any atom is 0.119 e. The van der Waals surface area contributed by atoms with Gasteiger partial charge in [0.1, 0.15) is 5.75 Å². The van der Waals surface area contributed by atoms with Crippen molar-refractivity contribution in [3.63, 3.8) is 0 Å². The van der Waals surface area contributed by atoms with Crippen LogP contribution < -0.4 is 4.74 Å². The summed E-state index contributed by atoms with van der Waals surface area (Å²) < 4.78 is 5.82. The topological polar surface area (TPSA) is 22.1 Å². The number of nitrogens with zero attached hydrogens (tertiary/aromatic N) is 1. The van der Waals surface area contributed by atoms with E-state index in [0.29, 0.717) is 0 Å². The van der Waals surface area contributed by atoms with Crippen molar-refractivity contribution in [3.8, 4) is 28.0 Å². The third-order valence-electron chi connectivity index (χ3n) is 5.53. The lowest BCUT2D eigenvalue weighted by molar-refractivity contribution is 0.306. The molecule has 1 aromatic heterocycles. The van der Waals surface area contributed by atoms with Gasteiger partial charge in [0, 0.05) is 17.5 Å². The Hall–Kier alpha value is -2.61. The smallest absolute Gasteiger partial charge is 0.119 e. The normalized spacial score (nSPS) is 10.9. The lowest BCUT2D eigenvalue weighted by Crippen LogP contribution is -1.96. The van der Waals surface area contributed by atoms with Crippen LogP contribution in [0.2, 0.25) is 0 Å². The van der Waals surface area contributed by atoms with Crippen molar-refractivity contribution < 1.29 is 4.74 Å². The predicted molar refractivity (Wildman–Crippen MR) is 128 cm³/mol. The molecular formula is C28H35NO. The van der Waals surface area contributed by atoms with Crippen LogP contribution >= 0.6 is 0 Å². The van der Waals surface area contributed by atoms with E-state index in [1.807, 2.05) is 6.20 Å². The summed E-state index contributed by atoms with van der Waals surface area (Å²) in [4.78, 5) is 4.67. The van der Waals surface area contributed by atoms with Gasteiger partial charge >= 0.3 is 0 Å². The fourth-order valence-corrected chi connectivity index (χ4v) is 3.62. The first-order valence-corrected chi connectivity index (χ1v) is 11.6. The Morgan fingerprint density at radius 3 is 1.77 bits per heavy atom. The highest BCUT2D eigenvalue weighted by molar-refractivity contribution is 5.70. The fourth-order valence-electron chi connectivity index (χ4n) is 3.62. The van der Waals surface area contributed by atoms with Crippen LogP contribution in [-0.4, -0.2) is 11.6 Å². The zero-order valence-corrected chi connectivity index (χ0v) is 18.6. The molecule has 0 aliphatic heterocycles. The van der Waals surface area contributed by atoms with E-state index in [-0.39, 0.29) is 0 Å². The van der Waals surface area contributed by atoms with Crippen LogP contribution in [0.3, 0.4) is 0 Å². The van der Waals surface area contributed by atoms with E-state index in [2.05, 4.69) is 79.5 Å². The van der Waals surface area contributed by atoms with E-state index < -0.39 is 0 Å². The molecule has 3 rings (SSSR count). The third kappa shape index (κ3) is 6.73. The fraction of sp³-hybridized carbons (Fsp3) is 0.393. The Balaban J connectivity index is 1.56. The van der Waals surface area contributed by atoms with E-state index in [9.17, 15) is 0 Å². The van der Waals surface area contributed by atoms with Gasteiger partial charge in [0.25, 0.3) is 0 Å². The van der Waals surface area contributed by atoms with Crippen molar-refractivity contribution in [2.75, 3.05) is 6.61 Å². The van der Waals surface area contributed by atoms with Crippen molar-refractivity contribution >= 4 is 0 Å². The number of rotatable bonds is 12. The Labute approximate surface area is 182 Å². The molecule has 1 heterocycles. The number of aryl methyl sites for hydroxylation is 1. The van der Waals surface area contributed by atoms with Gasteiger partial charge in [-0.05, 0) is 54.2 Å². The summed E-state index contributed by atoms with van der Waals surface area (Å²) in [6.07, 6.45) is 11.8. The molecule has 0 atom stereocenters. The van der Waals surface area contributed by atoms with Gasteiger partial charge in [-0.25, -0.2) is 0 Å². The Morgan fingerprint density at radius 2 is 1.17 bits per heavy atom. The van der Waals surface area contributed by atoms with Crippen molar-refractivity contribution in [2.45, 2.75) is 65.2 Å². The van der Waals surface area contributed by atoms with Gasteiger partial charge in [-0.1, -0.05) is 88.4 Å². The van der Waals surface area contributed by atoms with E-state index in [1.165, 1.54) is 66.5 Å². The Morgan fingerprint density at radius 1 is 0.600 bits per heavy atom. The lowest BCUT2D eigenvalue weighted by Gasteiger charge is -2.08. The van der Waals surface area contributed by atoms with Crippen LogP contribution in [0, 0.1) is 0 Å². The third-order valence-corrected chi connectivity index (χ3v) is 5.53. The van der Waals surface area contributed by atoms with Crippen LogP contribution in [0.1, 0.15) is 64.5 Å². The number of hydrogen-bond acceptors (Lipinski definition) is 2. The molecule has 0 aliphatic carbocycles. The average molecular weight is 402 g/mol. The van der Waals surface area contributed by atoms with Gasteiger partial charge in [-0.2, -0.15) is 0 Å². The van der Waals surface area contributed by atoms with Gasteiger partial charge in [0.15, 0.2) is 0 Å². The first kappa shape index (κ1) is 22.1. The van der Waals surface area contributed by atoms with Crippen molar-refractivity contribution in [2.24, 2.45) is 0 Å². The molecule has 0 saturated carbocycles. The summed E-state index contributed by atoms with van der Waals surface area (Å²) in [6.45, 7) is 5.26. The molecule has 0 amide bonds. The number of unbranched alkanes of at least 4 members (excludes halogenated alkanes) is 5. The van der Waals surface area contributed by atoms with Crippen LogP contribution in [0.15, 0.2) is 66.9 Å². The SMILES string of the molecule is CCCCCCc1ccc(-c2ccc(-c3ccc(OCCCCC)cc3)cc2)cn1. The molecule has 3 aromatic rings.